The second-order valence-corrected chi connectivity index (χ2v) is 8.40. The first kappa shape index (κ1) is 22.9. The molecule has 0 aliphatic heterocycles. The Morgan fingerprint density at radius 1 is 1.00 bits per heavy atom. The van der Waals surface area contributed by atoms with E-state index in [9.17, 15) is 4.79 Å². The topological polar surface area (TPSA) is 80.2 Å². The van der Waals surface area contributed by atoms with Crippen molar-refractivity contribution in [2.24, 2.45) is 5.10 Å². The standard InChI is InChI=1S/C26H28N2O4/c1-26(2,3)21-10-5-18(6-11-21)17-32-23-14-7-19(15-24(23)31-4)16-27-28-22-12-8-20(9-13-22)25(29)30/h5-16,28H,17H2,1-4H3,(H,29,30)/b27-16+. The van der Waals surface area contributed by atoms with Gasteiger partial charge < -0.3 is 14.6 Å². The lowest BCUT2D eigenvalue weighted by Gasteiger charge is -2.19. The maximum absolute atomic E-state index is 10.9. The monoisotopic (exact) mass is 432 g/mol. The molecular formula is C26H28N2O4. The lowest BCUT2D eigenvalue weighted by Crippen LogP contribution is -2.10. The van der Waals surface area contributed by atoms with Gasteiger partial charge in [-0.3, -0.25) is 5.43 Å². The predicted octanol–water partition coefficient (Wildman–Crippen LogP) is 5.72. The lowest BCUT2D eigenvalue weighted by atomic mass is 9.87. The van der Waals surface area contributed by atoms with Crippen molar-refractivity contribution in [2.45, 2.75) is 32.8 Å². The van der Waals surface area contributed by atoms with E-state index in [0.29, 0.717) is 23.8 Å². The first-order valence-corrected chi connectivity index (χ1v) is 10.3. The molecule has 0 atom stereocenters. The van der Waals surface area contributed by atoms with Crippen LogP contribution < -0.4 is 14.9 Å². The first-order chi connectivity index (χ1) is 15.3. The van der Waals surface area contributed by atoms with Crippen molar-refractivity contribution in [1.29, 1.82) is 0 Å². The minimum absolute atomic E-state index is 0.122. The highest BCUT2D eigenvalue weighted by molar-refractivity contribution is 5.88. The van der Waals surface area contributed by atoms with E-state index in [1.54, 1.807) is 25.5 Å². The molecule has 6 nitrogen and oxygen atoms in total. The minimum atomic E-state index is -0.962. The van der Waals surface area contributed by atoms with Gasteiger partial charge in [-0.2, -0.15) is 5.10 Å². The first-order valence-electron chi connectivity index (χ1n) is 10.3. The number of carboxylic acids is 1. The molecule has 0 fully saturated rings. The molecule has 32 heavy (non-hydrogen) atoms. The zero-order valence-corrected chi connectivity index (χ0v) is 18.8. The van der Waals surface area contributed by atoms with Gasteiger partial charge >= 0.3 is 5.97 Å². The molecule has 0 bridgehead atoms. The molecule has 0 aliphatic carbocycles. The van der Waals surface area contributed by atoms with Gasteiger partial charge in [-0.25, -0.2) is 4.79 Å². The molecule has 166 valence electrons. The largest absolute Gasteiger partial charge is 0.493 e. The molecule has 0 saturated heterocycles. The Balaban J connectivity index is 1.61. The summed E-state index contributed by atoms with van der Waals surface area (Å²) in [6.07, 6.45) is 1.66. The molecule has 0 aliphatic rings. The molecule has 0 radical (unpaired) electrons. The summed E-state index contributed by atoms with van der Waals surface area (Å²) in [7, 11) is 1.60. The Hall–Kier alpha value is -3.80. The van der Waals surface area contributed by atoms with E-state index < -0.39 is 5.97 Å². The second-order valence-electron chi connectivity index (χ2n) is 8.40. The number of aromatic carboxylic acids is 1. The molecule has 0 amide bonds. The Labute approximate surface area is 188 Å². The van der Waals surface area contributed by atoms with E-state index in [2.05, 4.69) is 55.6 Å². The highest BCUT2D eigenvalue weighted by Crippen LogP contribution is 2.29. The van der Waals surface area contributed by atoms with Crippen molar-refractivity contribution in [2.75, 3.05) is 12.5 Å². The van der Waals surface area contributed by atoms with E-state index in [-0.39, 0.29) is 11.0 Å². The van der Waals surface area contributed by atoms with Crippen LogP contribution >= 0.6 is 0 Å². The van der Waals surface area contributed by atoms with Gasteiger partial charge in [-0.1, -0.05) is 45.0 Å². The van der Waals surface area contributed by atoms with E-state index in [1.807, 2.05) is 18.2 Å². The number of anilines is 1. The maximum Gasteiger partial charge on any atom is 0.335 e. The molecule has 0 saturated carbocycles. The predicted molar refractivity (Wildman–Crippen MR) is 127 cm³/mol. The van der Waals surface area contributed by atoms with Crippen LogP contribution in [-0.2, 0) is 12.0 Å². The summed E-state index contributed by atoms with van der Waals surface area (Å²) in [6, 6.07) is 20.4. The summed E-state index contributed by atoms with van der Waals surface area (Å²) < 4.78 is 11.4. The molecule has 0 spiro atoms. The van der Waals surface area contributed by atoms with Gasteiger partial charge in [0.25, 0.3) is 0 Å². The summed E-state index contributed by atoms with van der Waals surface area (Å²) in [5.74, 6) is 0.309. The van der Waals surface area contributed by atoms with Crippen LogP contribution in [0.2, 0.25) is 0 Å². The van der Waals surface area contributed by atoms with E-state index >= 15 is 0 Å². The van der Waals surface area contributed by atoms with Crippen LogP contribution in [0, 0.1) is 0 Å². The van der Waals surface area contributed by atoms with Gasteiger partial charge in [0, 0.05) is 0 Å². The number of methoxy groups -OCH3 is 1. The van der Waals surface area contributed by atoms with Gasteiger partial charge in [0.15, 0.2) is 11.5 Å². The van der Waals surface area contributed by atoms with Gasteiger partial charge in [-0.05, 0) is 64.6 Å². The summed E-state index contributed by atoms with van der Waals surface area (Å²) >= 11 is 0. The zero-order chi connectivity index (χ0) is 23.1. The van der Waals surface area contributed by atoms with Crippen molar-refractivity contribution in [3.63, 3.8) is 0 Å². The number of nitrogens with one attached hydrogen (secondary N) is 1. The molecule has 3 rings (SSSR count). The van der Waals surface area contributed by atoms with Crippen molar-refractivity contribution in [3.8, 4) is 11.5 Å². The fourth-order valence-corrected chi connectivity index (χ4v) is 3.01. The average Bonchev–Trinajstić information content (AvgIpc) is 2.78. The molecule has 3 aromatic rings. The number of nitrogens with zero attached hydrogens (tertiary/aromatic N) is 1. The van der Waals surface area contributed by atoms with Gasteiger partial charge in [0.2, 0.25) is 0 Å². The van der Waals surface area contributed by atoms with Crippen LogP contribution in [-0.4, -0.2) is 24.4 Å². The van der Waals surface area contributed by atoms with Gasteiger partial charge in [0.1, 0.15) is 6.61 Å². The van der Waals surface area contributed by atoms with Crippen molar-refractivity contribution >= 4 is 17.9 Å². The number of hydrazone groups is 1. The number of rotatable bonds is 8. The SMILES string of the molecule is COc1cc(/C=N/Nc2ccc(C(=O)O)cc2)ccc1OCc1ccc(C(C)(C)C)cc1. The lowest BCUT2D eigenvalue weighted by molar-refractivity contribution is 0.0697. The van der Waals surface area contributed by atoms with E-state index in [4.69, 9.17) is 14.6 Å². The molecule has 3 aromatic carbocycles. The fourth-order valence-electron chi connectivity index (χ4n) is 3.01. The number of hydrogen-bond donors (Lipinski definition) is 2. The van der Waals surface area contributed by atoms with Crippen LogP contribution in [0.4, 0.5) is 5.69 Å². The van der Waals surface area contributed by atoms with Crippen LogP contribution in [0.15, 0.2) is 71.8 Å². The van der Waals surface area contributed by atoms with Gasteiger partial charge in [-0.15, -0.1) is 0 Å². The van der Waals surface area contributed by atoms with Crippen molar-refractivity contribution < 1.29 is 19.4 Å². The van der Waals surface area contributed by atoms with Crippen LogP contribution in [0.25, 0.3) is 0 Å². The molecule has 2 N–H and O–H groups in total. The Morgan fingerprint density at radius 2 is 1.69 bits per heavy atom. The van der Waals surface area contributed by atoms with Crippen molar-refractivity contribution in [1.82, 2.24) is 0 Å². The van der Waals surface area contributed by atoms with E-state index in [0.717, 1.165) is 11.1 Å². The number of carboxylic acid groups (broad SMARTS) is 1. The summed E-state index contributed by atoms with van der Waals surface area (Å²) in [5, 5.41) is 13.1. The van der Waals surface area contributed by atoms with Crippen LogP contribution in [0.5, 0.6) is 11.5 Å². The van der Waals surface area contributed by atoms with Crippen LogP contribution in [0.3, 0.4) is 0 Å². The quantitative estimate of drug-likeness (QED) is 0.352. The van der Waals surface area contributed by atoms with Gasteiger partial charge in [0.05, 0.1) is 24.6 Å². The second kappa shape index (κ2) is 10.0. The normalized spacial score (nSPS) is 11.4. The maximum atomic E-state index is 10.9. The van der Waals surface area contributed by atoms with Crippen molar-refractivity contribution in [3.05, 3.63) is 89.0 Å². The number of hydrogen-bond acceptors (Lipinski definition) is 5. The Kier molecular flexibility index (Phi) is 7.15. The number of benzene rings is 3. The summed E-state index contributed by atoms with van der Waals surface area (Å²) in [5.41, 5.74) is 7.12. The Bertz CT molecular complexity index is 1080. The third kappa shape index (κ3) is 6.11. The smallest absolute Gasteiger partial charge is 0.335 e. The third-order valence-corrected chi connectivity index (χ3v) is 4.94. The summed E-state index contributed by atoms with van der Waals surface area (Å²) in [4.78, 5) is 10.9. The highest BCUT2D eigenvalue weighted by atomic mass is 16.5. The molecule has 0 unspecified atom stereocenters. The number of ether oxygens (including phenoxy) is 2. The Morgan fingerprint density at radius 3 is 2.28 bits per heavy atom. The van der Waals surface area contributed by atoms with E-state index in [1.165, 1.54) is 17.7 Å². The molecule has 6 heteroatoms. The average molecular weight is 433 g/mol. The fraction of sp³-hybridized carbons (Fsp3) is 0.231. The molecule has 0 aromatic heterocycles. The van der Waals surface area contributed by atoms with Crippen LogP contribution in [0.1, 0.15) is 47.8 Å². The number of carbonyl (C=O) groups is 1. The zero-order valence-electron chi connectivity index (χ0n) is 18.8. The molecule has 0 heterocycles. The molecular weight excluding hydrogens is 404 g/mol. The third-order valence-electron chi connectivity index (χ3n) is 4.94. The summed E-state index contributed by atoms with van der Waals surface area (Å²) in [6.45, 7) is 7.03. The highest BCUT2D eigenvalue weighted by Gasteiger charge is 2.13. The minimum Gasteiger partial charge on any atom is -0.493 e.